The topological polar surface area (TPSA) is 58.2 Å². The molecule has 0 spiro atoms. The van der Waals surface area contributed by atoms with E-state index in [0.717, 1.165) is 5.56 Å². The first-order valence-electron chi connectivity index (χ1n) is 8.00. The van der Waals surface area contributed by atoms with Crippen molar-refractivity contribution in [1.82, 2.24) is 5.32 Å². The second-order valence-electron chi connectivity index (χ2n) is 6.01. The minimum atomic E-state index is -1.06. The average Bonchev–Trinajstić information content (AvgIpc) is 3.40. The van der Waals surface area contributed by atoms with E-state index in [0.29, 0.717) is 25.8 Å². The number of carbonyl (C=O) groups excluding carboxylic acids is 2. The Morgan fingerprint density at radius 3 is 2.29 bits per heavy atom. The fourth-order valence-electron chi connectivity index (χ4n) is 2.62. The van der Waals surface area contributed by atoms with Gasteiger partial charge in [0.1, 0.15) is 11.2 Å². The van der Waals surface area contributed by atoms with Gasteiger partial charge in [0.05, 0.1) is 5.69 Å². The molecule has 1 saturated carbocycles. The van der Waals surface area contributed by atoms with Gasteiger partial charge in [-0.1, -0.05) is 42.5 Å². The summed E-state index contributed by atoms with van der Waals surface area (Å²) in [4.78, 5) is 24.8. The van der Waals surface area contributed by atoms with Crippen molar-refractivity contribution in [3.63, 3.8) is 0 Å². The van der Waals surface area contributed by atoms with Crippen LogP contribution in [0.4, 0.5) is 10.1 Å². The number of halogens is 1. The van der Waals surface area contributed by atoms with Crippen LogP contribution in [0.5, 0.6) is 0 Å². The standard InChI is InChI=1S/C19H19FN2O2/c20-15-8-4-5-9-16(15)22-18(24)19(11-12-19)17(23)21-13-10-14-6-2-1-3-7-14/h1-9H,10-13H2,(H,21,23)(H,22,24). The lowest BCUT2D eigenvalue weighted by molar-refractivity contribution is -0.134. The van der Waals surface area contributed by atoms with E-state index in [-0.39, 0.29) is 11.6 Å². The van der Waals surface area contributed by atoms with Crippen LogP contribution in [0.15, 0.2) is 54.6 Å². The van der Waals surface area contributed by atoms with Crippen molar-refractivity contribution in [2.24, 2.45) is 5.41 Å². The van der Waals surface area contributed by atoms with Crippen LogP contribution in [-0.4, -0.2) is 18.4 Å². The van der Waals surface area contributed by atoms with E-state index in [9.17, 15) is 14.0 Å². The molecule has 2 amide bonds. The molecule has 4 nitrogen and oxygen atoms in total. The minimum Gasteiger partial charge on any atom is -0.355 e. The van der Waals surface area contributed by atoms with Crippen LogP contribution in [0.1, 0.15) is 18.4 Å². The number of rotatable bonds is 6. The zero-order valence-electron chi connectivity index (χ0n) is 13.2. The highest BCUT2D eigenvalue weighted by atomic mass is 19.1. The number of carbonyl (C=O) groups is 2. The molecule has 0 atom stereocenters. The second-order valence-corrected chi connectivity index (χ2v) is 6.01. The van der Waals surface area contributed by atoms with Crippen molar-refractivity contribution in [3.8, 4) is 0 Å². The van der Waals surface area contributed by atoms with Crippen LogP contribution in [0.25, 0.3) is 0 Å². The molecule has 0 aliphatic heterocycles. The number of hydrogen-bond donors (Lipinski definition) is 2. The molecule has 2 aromatic carbocycles. The fraction of sp³-hybridized carbons (Fsp3) is 0.263. The molecule has 0 unspecified atom stereocenters. The molecule has 3 rings (SSSR count). The van der Waals surface area contributed by atoms with Gasteiger partial charge in [0.25, 0.3) is 0 Å². The van der Waals surface area contributed by atoms with Gasteiger partial charge in [-0.2, -0.15) is 0 Å². The summed E-state index contributed by atoms with van der Waals surface area (Å²) in [7, 11) is 0. The third kappa shape index (κ3) is 3.45. The lowest BCUT2D eigenvalue weighted by atomic mass is 10.0. The molecule has 2 aromatic rings. The summed E-state index contributed by atoms with van der Waals surface area (Å²) < 4.78 is 13.6. The molecule has 0 heterocycles. The van der Waals surface area contributed by atoms with Gasteiger partial charge in [0.2, 0.25) is 11.8 Å². The average molecular weight is 326 g/mol. The van der Waals surface area contributed by atoms with Crippen molar-refractivity contribution < 1.29 is 14.0 Å². The van der Waals surface area contributed by atoms with E-state index >= 15 is 0 Å². The summed E-state index contributed by atoms with van der Waals surface area (Å²) >= 11 is 0. The highest BCUT2D eigenvalue weighted by molar-refractivity contribution is 6.13. The van der Waals surface area contributed by atoms with E-state index in [1.807, 2.05) is 30.3 Å². The summed E-state index contributed by atoms with van der Waals surface area (Å²) in [5.74, 6) is -1.23. The van der Waals surface area contributed by atoms with Gasteiger partial charge < -0.3 is 10.6 Å². The third-order valence-electron chi connectivity index (χ3n) is 4.28. The van der Waals surface area contributed by atoms with Crippen molar-refractivity contribution in [2.45, 2.75) is 19.3 Å². The van der Waals surface area contributed by atoms with Gasteiger partial charge in [-0.3, -0.25) is 9.59 Å². The van der Waals surface area contributed by atoms with Crippen LogP contribution in [0.3, 0.4) is 0 Å². The molecule has 0 radical (unpaired) electrons. The molecule has 2 N–H and O–H groups in total. The maximum atomic E-state index is 13.6. The van der Waals surface area contributed by atoms with Crippen LogP contribution in [0.2, 0.25) is 0 Å². The van der Waals surface area contributed by atoms with E-state index in [1.54, 1.807) is 12.1 Å². The number of amides is 2. The molecule has 24 heavy (non-hydrogen) atoms. The predicted octanol–water partition coefficient (Wildman–Crippen LogP) is 2.90. The Labute approximate surface area is 140 Å². The molecule has 0 saturated heterocycles. The molecule has 5 heteroatoms. The molecule has 1 aliphatic rings. The maximum absolute atomic E-state index is 13.6. The first kappa shape index (κ1) is 16.2. The van der Waals surface area contributed by atoms with Gasteiger partial charge in [-0.05, 0) is 37.0 Å². The van der Waals surface area contributed by atoms with Crippen LogP contribution in [0, 0.1) is 11.2 Å². The Bertz CT molecular complexity index is 742. The zero-order chi connectivity index (χ0) is 17.0. The maximum Gasteiger partial charge on any atom is 0.240 e. The normalized spacial score (nSPS) is 14.7. The zero-order valence-corrected chi connectivity index (χ0v) is 13.2. The third-order valence-corrected chi connectivity index (χ3v) is 4.28. The van der Waals surface area contributed by atoms with E-state index in [4.69, 9.17) is 0 Å². The number of anilines is 1. The van der Waals surface area contributed by atoms with E-state index in [1.165, 1.54) is 12.1 Å². The fourth-order valence-corrected chi connectivity index (χ4v) is 2.62. The quantitative estimate of drug-likeness (QED) is 0.802. The SMILES string of the molecule is O=C(NCCc1ccccc1)C1(C(=O)Nc2ccccc2F)CC1. The Kier molecular flexibility index (Phi) is 4.60. The molecule has 1 fully saturated rings. The Balaban J connectivity index is 1.56. The smallest absolute Gasteiger partial charge is 0.240 e. The monoisotopic (exact) mass is 326 g/mol. The highest BCUT2D eigenvalue weighted by Crippen LogP contribution is 2.46. The van der Waals surface area contributed by atoms with Gasteiger partial charge in [0, 0.05) is 6.54 Å². The molecule has 124 valence electrons. The highest BCUT2D eigenvalue weighted by Gasteiger charge is 2.56. The summed E-state index contributed by atoms with van der Waals surface area (Å²) in [5, 5.41) is 5.35. The van der Waals surface area contributed by atoms with Crippen LogP contribution in [-0.2, 0) is 16.0 Å². The summed E-state index contributed by atoms with van der Waals surface area (Å²) in [6, 6.07) is 15.8. The molecular formula is C19H19FN2O2. The minimum absolute atomic E-state index is 0.103. The molecule has 0 bridgehead atoms. The molecule has 0 aromatic heterocycles. The number of nitrogens with one attached hydrogen (secondary N) is 2. The van der Waals surface area contributed by atoms with E-state index < -0.39 is 17.1 Å². The largest absolute Gasteiger partial charge is 0.355 e. The summed E-state index contributed by atoms with van der Waals surface area (Å²) in [6.07, 6.45) is 1.69. The van der Waals surface area contributed by atoms with Crippen LogP contribution < -0.4 is 10.6 Å². The lowest BCUT2D eigenvalue weighted by Gasteiger charge is -2.15. The van der Waals surface area contributed by atoms with Crippen molar-refractivity contribution in [1.29, 1.82) is 0 Å². The van der Waals surface area contributed by atoms with E-state index in [2.05, 4.69) is 10.6 Å². The second kappa shape index (κ2) is 6.83. The number of hydrogen-bond acceptors (Lipinski definition) is 2. The first-order chi connectivity index (χ1) is 11.6. The van der Waals surface area contributed by atoms with Gasteiger partial charge in [-0.25, -0.2) is 4.39 Å². The van der Waals surface area contributed by atoms with Gasteiger partial charge in [0.15, 0.2) is 0 Å². The first-order valence-corrected chi connectivity index (χ1v) is 8.00. The Morgan fingerprint density at radius 2 is 1.62 bits per heavy atom. The molecular weight excluding hydrogens is 307 g/mol. The Hall–Kier alpha value is -2.69. The number of para-hydroxylation sites is 1. The van der Waals surface area contributed by atoms with Crippen LogP contribution >= 0.6 is 0 Å². The van der Waals surface area contributed by atoms with Crippen molar-refractivity contribution in [3.05, 3.63) is 66.0 Å². The Morgan fingerprint density at radius 1 is 0.958 bits per heavy atom. The summed E-state index contributed by atoms with van der Waals surface area (Å²) in [5.41, 5.74) is 0.170. The molecule has 1 aliphatic carbocycles. The number of benzene rings is 2. The predicted molar refractivity (Wildman–Crippen MR) is 89.9 cm³/mol. The van der Waals surface area contributed by atoms with Crippen molar-refractivity contribution >= 4 is 17.5 Å². The van der Waals surface area contributed by atoms with Crippen molar-refractivity contribution in [2.75, 3.05) is 11.9 Å². The van der Waals surface area contributed by atoms with Gasteiger partial charge >= 0.3 is 0 Å². The van der Waals surface area contributed by atoms with Gasteiger partial charge in [-0.15, -0.1) is 0 Å². The summed E-state index contributed by atoms with van der Waals surface area (Å²) in [6.45, 7) is 0.470. The lowest BCUT2D eigenvalue weighted by Crippen LogP contribution is -2.40.